The van der Waals surface area contributed by atoms with E-state index in [1.165, 1.54) is 18.2 Å². The molecule has 11 heteroatoms. The van der Waals surface area contributed by atoms with Crippen LogP contribution in [0, 0.1) is 17.6 Å². The van der Waals surface area contributed by atoms with Crippen molar-refractivity contribution in [2.24, 2.45) is 5.92 Å². The van der Waals surface area contributed by atoms with E-state index < -0.39 is 51.6 Å². The third-order valence-electron chi connectivity index (χ3n) is 5.67. The zero-order chi connectivity index (χ0) is 25.7. The van der Waals surface area contributed by atoms with Gasteiger partial charge in [0, 0.05) is 33.6 Å². The van der Waals surface area contributed by atoms with Crippen LogP contribution in [0.15, 0.2) is 48.5 Å². The van der Waals surface area contributed by atoms with Crippen molar-refractivity contribution in [3.05, 3.63) is 91.9 Å². The van der Waals surface area contributed by atoms with E-state index in [9.17, 15) is 18.4 Å². The van der Waals surface area contributed by atoms with Crippen LogP contribution in [0.1, 0.15) is 27.4 Å². The number of amides is 1. The molecule has 1 aliphatic carbocycles. The molecule has 4 nitrogen and oxygen atoms in total. The van der Waals surface area contributed by atoms with E-state index in [1.54, 1.807) is 18.2 Å². The zero-order valence-corrected chi connectivity index (χ0v) is 21.3. The Hall–Kier alpha value is -2.09. The van der Waals surface area contributed by atoms with Gasteiger partial charge < -0.3 is 11.1 Å². The minimum absolute atomic E-state index is 0.0312. The minimum atomic E-state index is -1.39. The number of hydrogen-bond donors (Lipinski definition) is 2. The van der Waals surface area contributed by atoms with Crippen molar-refractivity contribution in [2.75, 3.05) is 11.1 Å². The monoisotopic (exact) mass is 576 g/mol. The molecule has 0 unspecified atom stereocenters. The summed E-state index contributed by atoms with van der Waals surface area (Å²) in [6.45, 7) is 0. The second-order valence-corrected chi connectivity index (χ2v) is 10.8. The quantitative estimate of drug-likeness (QED) is 0.181. The summed E-state index contributed by atoms with van der Waals surface area (Å²) in [4.78, 5) is 25.8. The summed E-state index contributed by atoms with van der Waals surface area (Å²) in [6, 6.07) is 11.2. The first-order chi connectivity index (χ1) is 16.4. The number of alkyl halides is 2. The molecule has 1 fully saturated rings. The highest BCUT2D eigenvalue weighted by Gasteiger charge is 2.67. The molecule has 2 atom stereocenters. The molecule has 3 aromatic rings. The Morgan fingerprint density at radius 2 is 1.63 bits per heavy atom. The van der Waals surface area contributed by atoms with Crippen molar-refractivity contribution < 1.29 is 18.4 Å². The van der Waals surface area contributed by atoms with Crippen LogP contribution >= 0.6 is 58.0 Å². The number of hydrogen-bond acceptors (Lipinski definition) is 3. The van der Waals surface area contributed by atoms with E-state index in [0.29, 0.717) is 15.6 Å². The Kier molecular flexibility index (Phi) is 7.24. The predicted octanol–water partition coefficient (Wildman–Crippen LogP) is 7.46. The fourth-order valence-corrected chi connectivity index (χ4v) is 5.47. The lowest BCUT2D eigenvalue weighted by Gasteiger charge is -2.10. The maximum atomic E-state index is 14.2. The van der Waals surface area contributed by atoms with E-state index in [2.05, 4.69) is 5.32 Å². The van der Waals surface area contributed by atoms with Gasteiger partial charge in [-0.2, -0.15) is 0 Å². The third-order valence-corrected chi connectivity index (χ3v) is 7.38. The van der Waals surface area contributed by atoms with Gasteiger partial charge in [0.2, 0.25) is 5.91 Å². The molecule has 0 aromatic heterocycles. The van der Waals surface area contributed by atoms with Gasteiger partial charge in [-0.15, -0.1) is 23.2 Å². The van der Waals surface area contributed by atoms with Gasteiger partial charge in [-0.25, -0.2) is 8.78 Å². The molecule has 35 heavy (non-hydrogen) atoms. The Bertz CT molecular complexity index is 1350. The lowest BCUT2D eigenvalue weighted by atomic mass is 10.0. The van der Waals surface area contributed by atoms with Gasteiger partial charge in [0.1, 0.15) is 15.8 Å². The second kappa shape index (κ2) is 9.75. The number of ketones is 1. The standard InChI is InChI=1S/C24H15Cl5F2N2O2/c25-12-5-11(6-13(26)8-12)19-20(24(19,28)29)23(35)33-14-2-3-16(27)15(9-14)18(34)7-10-1-4-17(30)22(32)21(10)31/h1-6,8-9,19-20H,7,32H2,(H,33,35)/t19-,20+/m0/s1. The first kappa shape index (κ1) is 26.0. The lowest BCUT2D eigenvalue weighted by molar-refractivity contribution is -0.117. The van der Waals surface area contributed by atoms with Gasteiger partial charge in [-0.05, 0) is 53.6 Å². The van der Waals surface area contributed by atoms with Gasteiger partial charge >= 0.3 is 0 Å². The molecule has 1 saturated carbocycles. The van der Waals surface area contributed by atoms with E-state index in [-0.39, 0.29) is 21.8 Å². The number of anilines is 2. The Morgan fingerprint density at radius 1 is 0.971 bits per heavy atom. The molecular weight excluding hydrogens is 564 g/mol. The number of nitrogens with two attached hydrogens (primary N) is 1. The molecule has 182 valence electrons. The highest BCUT2D eigenvalue weighted by molar-refractivity contribution is 6.53. The number of nitrogen functional groups attached to an aromatic ring is 1. The molecule has 0 spiro atoms. The molecule has 0 radical (unpaired) electrons. The molecule has 1 amide bonds. The lowest BCUT2D eigenvalue weighted by Crippen LogP contribution is -2.17. The average molecular weight is 579 g/mol. The van der Waals surface area contributed by atoms with Crippen molar-refractivity contribution in [1.82, 2.24) is 0 Å². The van der Waals surface area contributed by atoms with Crippen molar-refractivity contribution >= 4 is 81.1 Å². The number of rotatable bonds is 6. The highest BCUT2D eigenvalue weighted by Crippen LogP contribution is 2.65. The van der Waals surface area contributed by atoms with Crippen LogP contribution in [0.25, 0.3) is 0 Å². The highest BCUT2D eigenvalue weighted by atomic mass is 35.5. The first-order valence-corrected chi connectivity index (χ1v) is 12.0. The molecule has 3 N–H and O–H groups in total. The van der Waals surface area contributed by atoms with E-state index >= 15 is 0 Å². The fourth-order valence-electron chi connectivity index (χ4n) is 3.88. The van der Waals surface area contributed by atoms with Crippen LogP contribution in [0.5, 0.6) is 0 Å². The molecule has 0 aliphatic heterocycles. The predicted molar refractivity (Wildman–Crippen MR) is 136 cm³/mol. The molecule has 0 heterocycles. The van der Waals surface area contributed by atoms with Crippen LogP contribution in [-0.4, -0.2) is 16.0 Å². The number of halogens is 7. The fraction of sp³-hybridized carbons (Fsp3) is 0.167. The van der Waals surface area contributed by atoms with Gasteiger partial charge in [0.25, 0.3) is 0 Å². The number of carbonyl (C=O) groups is 2. The van der Waals surface area contributed by atoms with Crippen LogP contribution in [0.3, 0.4) is 0 Å². The van der Waals surface area contributed by atoms with Crippen LogP contribution in [-0.2, 0) is 11.2 Å². The zero-order valence-electron chi connectivity index (χ0n) is 17.5. The minimum Gasteiger partial charge on any atom is -0.394 e. The largest absolute Gasteiger partial charge is 0.394 e. The number of carbonyl (C=O) groups excluding carboxylic acids is 2. The van der Waals surface area contributed by atoms with Crippen molar-refractivity contribution in [1.29, 1.82) is 0 Å². The number of benzene rings is 3. The van der Waals surface area contributed by atoms with E-state index in [1.807, 2.05) is 0 Å². The van der Waals surface area contributed by atoms with Crippen LogP contribution in [0.4, 0.5) is 20.2 Å². The van der Waals surface area contributed by atoms with Crippen molar-refractivity contribution in [3.63, 3.8) is 0 Å². The van der Waals surface area contributed by atoms with Gasteiger partial charge in [-0.3, -0.25) is 9.59 Å². The first-order valence-electron chi connectivity index (χ1n) is 10.1. The maximum Gasteiger partial charge on any atom is 0.231 e. The molecule has 1 aliphatic rings. The summed E-state index contributed by atoms with van der Waals surface area (Å²) in [6.07, 6.45) is -0.417. The van der Waals surface area contributed by atoms with Gasteiger partial charge in [0.05, 0.1) is 10.9 Å². The van der Waals surface area contributed by atoms with E-state index in [0.717, 1.165) is 12.1 Å². The number of nitrogens with one attached hydrogen (secondary N) is 1. The summed E-state index contributed by atoms with van der Waals surface area (Å²) in [5.41, 5.74) is 5.49. The molecule has 3 aromatic carbocycles. The summed E-state index contributed by atoms with van der Waals surface area (Å²) < 4.78 is 26.3. The second-order valence-electron chi connectivity index (χ2n) is 8.05. The summed E-state index contributed by atoms with van der Waals surface area (Å²) >= 11 is 31.0. The average Bonchev–Trinajstić information content (AvgIpc) is 3.36. The Balaban J connectivity index is 1.52. The van der Waals surface area contributed by atoms with Crippen molar-refractivity contribution in [3.8, 4) is 0 Å². The molecule has 0 saturated heterocycles. The van der Waals surface area contributed by atoms with Gasteiger partial charge in [0.15, 0.2) is 11.6 Å². The Labute approximate surface area is 224 Å². The summed E-state index contributed by atoms with van der Waals surface area (Å²) in [5.74, 6) is -4.35. The summed E-state index contributed by atoms with van der Waals surface area (Å²) in [5, 5.41) is 3.52. The molecule has 4 rings (SSSR count). The van der Waals surface area contributed by atoms with Crippen molar-refractivity contribution in [2.45, 2.75) is 16.7 Å². The SMILES string of the molecule is Nc1c(F)ccc(CC(=O)c2cc(NC(=O)[C@H]3[C@H](c4cc(Cl)cc(Cl)c4)C3(Cl)Cl)ccc2Cl)c1F. The maximum absolute atomic E-state index is 14.2. The number of Topliss-reactive ketones (excluding diaryl/α,β-unsaturated/α-hetero) is 1. The normalized spacial score (nSPS) is 18.3. The Morgan fingerprint density at radius 3 is 2.29 bits per heavy atom. The molecule has 0 bridgehead atoms. The van der Waals surface area contributed by atoms with E-state index in [4.69, 9.17) is 63.7 Å². The summed E-state index contributed by atoms with van der Waals surface area (Å²) in [7, 11) is 0. The smallest absolute Gasteiger partial charge is 0.231 e. The topological polar surface area (TPSA) is 72.2 Å². The van der Waals surface area contributed by atoms with Crippen LogP contribution < -0.4 is 11.1 Å². The third kappa shape index (κ3) is 5.23. The molecular formula is C24H15Cl5F2N2O2. The van der Waals surface area contributed by atoms with Crippen LogP contribution in [0.2, 0.25) is 15.1 Å². The van der Waals surface area contributed by atoms with Gasteiger partial charge in [-0.1, -0.05) is 40.9 Å².